The van der Waals surface area contributed by atoms with E-state index in [2.05, 4.69) is 15.5 Å². The van der Waals surface area contributed by atoms with Crippen molar-refractivity contribution in [3.63, 3.8) is 0 Å². The van der Waals surface area contributed by atoms with E-state index in [9.17, 15) is 13.6 Å². The summed E-state index contributed by atoms with van der Waals surface area (Å²) in [6.07, 6.45) is 0. The molecule has 0 spiro atoms. The Kier molecular flexibility index (Phi) is 4.99. The minimum absolute atomic E-state index is 0.00290. The van der Waals surface area contributed by atoms with Crippen molar-refractivity contribution in [2.45, 2.75) is 10.1 Å². The van der Waals surface area contributed by atoms with Crippen molar-refractivity contribution < 1.29 is 13.6 Å². The third-order valence-electron chi connectivity index (χ3n) is 2.77. The molecule has 0 saturated heterocycles. The van der Waals surface area contributed by atoms with Crippen LogP contribution in [-0.2, 0) is 5.75 Å². The van der Waals surface area contributed by atoms with Crippen LogP contribution in [0.4, 0.5) is 13.9 Å². The molecule has 0 atom stereocenters. The smallest absolute Gasteiger partial charge is 0.267 e. The number of hydrogen-bond donors (Lipinski definition) is 1. The van der Waals surface area contributed by atoms with Gasteiger partial charge in [-0.05, 0) is 23.6 Å². The Hall–Kier alpha value is -1.84. The molecule has 0 bridgehead atoms. The van der Waals surface area contributed by atoms with Crippen LogP contribution in [0.1, 0.15) is 15.2 Å². The average Bonchev–Trinajstić information content (AvgIpc) is 3.18. The van der Waals surface area contributed by atoms with E-state index >= 15 is 0 Å². The molecular weight excluding hydrogens is 360 g/mol. The fourth-order valence-corrected chi connectivity index (χ4v) is 4.07. The monoisotopic (exact) mass is 369 g/mol. The molecule has 1 N–H and O–H groups in total. The van der Waals surface area contributed by atoms with Gasteiger partial charge < -0.3 is 0 Å². The molecule has 2 aromatic heterocycles. The minimum Gasteiger partial charge on any atom is -0.296 e. The van der Waals surface area contributed by atoms with E-state index in [1.54, 1.807) is 17.5 Å². The lowest BCUT2D eigenvalue weighted by atomic mass is 10.2. The Morgan fingerprint density at radius 1 is 1.17 bits per heavy atom. The maximum Gasteiger partial charge on any atom is 0.267 e. The van der Waals surface area contributed by atoms with E-state index in [4.69, 9.17) is 0 Å². The van der Waals surface area contributed by atoms with Crippen LogP contribution in [0, 0.1) is 11.6 Å². The fraction of sp³-hybridized carbons (Fsp3) is 0.0714. The van der Waals surface area contributed by atoms with Crippen molar-refractivity contribution in [2.24, 2.45) is 0 Å². The van der Waals surface area contributed by atoms with Crippen molar-refractivity contribution in [2.75, 3.05) is 5.32 Å². The maximum absolute atomic E-state index is 13.5. The lowest BCUT2D eigenvalue weighted by Gasteiger charge is -2.02. The van der Waals surface area contributed by atoms with E-state index in [0.717, 1.165) is 23.1 Å². The summed E-state index contributed by atoms with van der Waals surface area (Å²) in [7, 11) is 0. The van der Waals surface area contributed by atoms with Gasteiger partial charge in [0, 0.05) is 11.3 Å². The predicted octanol–water partition coefficient (Wildman–Crippen LogP) is 4.42. The van der Waals surface area contributed by atoms with Crippen molar-refractivity contribution in [1.82, 2.24) is 10.2 Å². The quantitative estimate of drug-likeness (QED) is 0.534. The van der Waals surface area contributed by atoms with Crippen LogP contribution in [0.3, 0.4) is 0 Å². The number of carbonyl (C=O) groups is 1. The molecule has 1 aromatic carbocycles. The van der Waals surface area contributed by atoms with Gasteiger partial charge in [0.1, 0.15) is 11.6 Å². The van der Waals surface area contributed by atoms with Crippen molar-refractivity contribution in [3.05, 3.63) is 57.8 Å². The van der Waals surface area contributed by atoms with E-state index in [1.807, 2.05) is 0 Å². The molecular formula is C14H9F2N3OS3. The van der Waals surface area contributed by atoms with Crippen LogP contribution in [0.25, 0.3) is 0 Å². The predicted molar refractivity (Wildman–Crippen MR) is 88.1 cm³/mol. The molecule has 0 aliphatic heterocycles. The summed E-state index contributed by atoms with van der Waals surface area (Å²) in [5.74, 6) is -1.33. The standard InChI is InChI=1S/C14H9F2N3OS3/c15-9-3-1-4-10(16)8(9)7-22-14-19-18-13(23-14)17-12(20)11-5-2-6-21-11/h1-6H,7H2,(H,17,18,20). The van der Waals surface area contributed by atoms with Crippen molar-refractivity contribution >= 4 is 45.5 Å². The molecule has 9 heteroatoms. The molecule has 0 unspecified atom stereocenters. The molecule has 118 valence electrons. The molecule has 0 saturated carbocycles. The average molecular weight is 369 g/mol. The van der Waals surface area contributed by atoms with Crippen LogP contribution in [0.5, 0.6) is 0 Å². The maximum atomic E-state index is 13.5. The molecule has 3 aromatic rings. The number of amides is 1. The summed E-state index contributed by atoms with van der Waals surface area (Å²) in [6.45, 7) is 0. The Morgan fingerprint density at radius 2 is 1.96 bits per heavy atom. The first-order valence-electron chi connectivity index (χ1n) is 6.37. The van der Waals surface area contributed by atoms with E-state index in [-0.39, 0.29) is 17.2 Å². The second-order valence-corrected chi connectivity index (χ2v) is 7.44. The van der Waals surface area contributed by atoms with Crippen molar-refractivity contribution in [1.29, 1.82) is 0 Å². The van der Waals surface area contributed by atoms with Gasteiger partial charge in [0.05, 0.1) is 4.88 Å². The second-order valence-electron chi connectivity index (χ2n) is 4.29. The summed E-state index contributed by atoms with van der Waals surface area (Å²) in [5, 5.41) is 12.5. The zero-order chi connectivity index (χ0) is 16.2. The van der Waals surface area contributed by atoms with Crippen LogP contribution >= 0.6 is 34.4 Å². The zero-order valence-corrected chi connectivity index (χ0v) is 13.9. The van der Waals surface area contributed by atoms with Gasteiger partial charge in [0.2, 0.25) is 5.13 Å². The topological polar surface area (TPSA) is 54.9 Å². The fourth-order valence-electron chi connectivity index (χ4n) is 1.69. The van der Waals surface area contributed by atoms with Gasteiger partial charge in [-0.3, -0.25) is 10.1 Å². The molecule has 3 rings (SSSR count). The number of benzene rings is 1. The van der Waals surface area contributed by atoms with Gasteiger partial charge in [-0.1, -0.05) is 35.2 Å². The van der Waals surface area contributed by atoms with E-state index in [0.29, 0.717) is 14.3 Å². The minimum atomic E-state index is -0.590. The molecule has 0 aliphatic rings. The van der Waals surface area contributed by atoms with Crippen molar-refractivity contribution in [3.8, 4) is 0 Å². The summed E-state index contributed by atoms with van der Waals surface area (Å²) < 4.78 is 27.6. The van der Waals surface area contributed by atoms with E-state index < -0.39 is 11.6 Å². The van der Waals surface area contributed by atoms with E-state index in [1.165, 1.54) is 29.5 Å². The number of thiophene rings is 1. The first kappa shape index (κ1) is 16.0. The number of anilines is 1. The Morgan fingerprint density at radius 3 is 2.65 bits per heavy atom. The van der Waals surface area contributed by atoms with Gasteiger partial charge in [-0.2, -0.15) is 0 Å². The molecule has 2 heterocycles. The SMILES string of the molecule is O=C(Nc1nnc(SCc2c(F)cccc2F)s1)c1cccs1. The molecule has 23 heavy (non-hydrogen) atoms. The first-order chi connectivity index (χ1) is 11.1. The largest absolute Gasteiger partial charge is 0.296 e. The van der Waals surface area contributed by atoms with Gasteiger partial charge in [0.15, 0.2) is 4.34 Å². The summed E-state index contributed by atoms with van der Waals surface area (Å²) in [4.78, 5) is 12.5. The van der Waals surface area contributed by atoms with Gasteiger partial charge in [-0.15, -0.1) is 21.5 Å². The number of carbonyl (C=O) groups excluding carboxylic acids is 1. The molecule has 4 nitrogen and oxygen atoms in total. The van der Waals surface area contributed by atoms with Crippen LogP contribution in [-0.4, -0.2) is 16.1 Å². The van der Waals surface area contributed by atoms with Crippen LogP contribution in [0.2, 0.25) is 0 Å². The summed E-state index contributed by atoms with van der Waals surface area (Å²) in [5.41, 5.74) is -0.00290. The lowest BCUT2D eigenvalue weighted by molar-refractivity contribution is 0.103. The highest BCUT2D eigenvalue weighted by molar-refractivity contribution is 8.00. The van der Waals surface area contributed by atoms with Crippen LogP contribution < -0.4 is 5.32 Å². The number of thioether (sulfide) groups is 1. The number of rotatable bonds is 5. The third kappa shape index (κ3) is 3.92. The Labute approximate surface area is 142 Å². The Bertz CT molecular complexity index is 800. The normalized spacial score (nSPS) is 10.7. The number of nitrogens with zero attached hydrogens (tertiary/aromatic N) is 2. The number of halogens is 2. The van der Waals surface area contributed by atoms with Gasteiger partial charge in [-0.25, -0.2) is 8.78 Å². The lowest BCUT2D eigenvalue weighted by Crippen LogP contribution is -2.09. The van der Waals surface area contributed by atoms with Gasteiger partial charge >= 0.3 is 0 Å². The molecule has 0 aliphatic carbocycles. The number of hydrogen-bond acceptors (Lipinski definition) is 6. The molecule has 0 fully saturated rings. The van der Waals surface area contributed by atoms with Crippen LogP contribution in [0.15, 0.2) is 40.1 Å². The highest BCUT2D eigenvalue weighted by Gasteiger charge is 2.13. The zero-order valence-electron chi connectivity index (χ0n) is 11.5. The summed E-state index contributed by atoms with van der Waals surface area (Å²) >= 11 is 3.65. The summed E-state index contributed by atoms with van der Waals surface area (Å²) in [6, 6.07) is 7.24. The second kappa shape index (κ2) is 7.16. The highest BCUT2D eigenvalue weighted by atomic mass is 32.2. The molecule has 0 radical (unpaired) electrons. The number of aromatic nitrogens is 2. The highest BCUT2D eigenvalue weighted by Crippen LogP contribution is 2.30. The van der Waals surface area contributed by atoms with Gasteiger partial charge in [0.25, 0.3) is 5.91 Å². The number of nitrogens with one attached hydrogen (secondary N) is 1. The first-order valence-corrected chi connectivity index (χ1v) is 9.05. The molecule has 1 amide bonds. The Balaban J connectivity index is 1.62. The third-order valence-corrected chi connectivity index (χ3v) is 5.64.